The molecule has 2 rings (SSSR count). The molecule has 1 aromatic carbocycles. The summed E-state index contributed by atoms with van der Waals surface area (Å²) < 4.78 is 1.29. The number of benzene rings is 1. The van der Waals surface area contributed by atoms with Crippen LogP contribution in [0.3, 0.4) is 0 Å². The fourth-order valence-corrected chi connectivity index (χ4v) is 2.90. The summed E-state index contributed by atoms with van der Waals surface area (Å²) in [5, 5.41) is 3.63. The molecule has 0 bridgehead atoms. The van der Waals surface area contributed by atoms with Crippen LogP contribution in [0, 0.1) is 9.49 Å². The van der Waals surface area contributed by atoms with Crippen LogP contribution in [-0.4, -0.2) is 31.1 Å². The molecule has 1 fully saturated rings. The van der Waals surface area contributed by atoms with Crippen molar-refractivity contribution in [1.29, 1.82) is 0 Å². The molecule has 2 nitrogen and oxygen atoms in total. The molecule has 1 aliphatic heterocycles. The van der Waals surface area contributed by atoms with Crippen LogP contribution in [0.15, 0.2) is 24.3 Å². The monoisotopic (exact) mass is 344 g/mol. The predicted molar refractivity (Wildman–Crippen MR) is 82.5 cm³/mol. The Morgan fingerprint density at radius 1 is 1.35 bits per heavy atom. The zero-order valence-corrected chi connectivity index (χ0v) is 12.8. The smallest absolute Gasteiger partial charge is 0.0343 e. The number of likely N-dealkylation sites (tertiary alicyclic amines) is 1. The number of piperidine rings is 1. The predicted octanol–water partition coefficient (Wildman–Crippen LogP) is 3.43. The van der Waals surface area contributed by atoms with Gasteiger partial charge in [0.25, 0.3) is 0 Å². The third-order valence-corrected chi connectivity index (χ3v) is 4.33. The van der Waals surface area contributed by atoms with E-state index in [0.29, 0.717) is 6.04 Å². The minimum Gasteiger partial charge on any atom is -0.382 e. The molecule has 0 radical (unpaired) electrons. The van der Waals surface area contributed by atoms with Crippen LogP contribution in [0.2, 0.25) is 0 Å². The van der Waals surface area contributed by atoms with E-state index in [1.165, 1.54) is 35.2 Å². The van der Waals surface area contributed by atoms with Gasteiger partial charge in [0.1, 0.15) is 0 Å². The highest BCUT2D eigenvalue weighted by molar-refractivity contribution is 14.1. The van der Waals surface area contributed by atoms with Gasteiger partial charge in [0, 0.05) is 21.8 Å². The van der Waals surface area contributed by atoms with Gasteiger partial charge in [-0.05, 0) is 86.1 Å². The van der Waals surface area contributed by atoms with Gasteiger partial charge in [0.15, 0.2) is 0 Å². The summed E-state index contributed by atoms with van der Waals surface area (Å²) in [5.74, 6) is 0.771. The largest absolute Gasteiger partial charge is 0.382 e. The molecule has 1 N–H and O–H groups in total. The molecule has 1 heterocycles. The first-order valence-corrected chi connectivity index (χ1v) is 7.43. The van der Waals surface area contributed by atoms with E-state index in [0.717, 1.165) is 5.92 Å². The van der Waals surface area contributed by atoms with Crippen molar-refractivity contribution in [3.63, 3.8) is 0 Å². The van der Waals surface area contributed by atoms with Crippen molar-refractivity contribution in [3.8, 4) is 0 Å². The Balaban J connectivity index is 1.91. The second-order valence-electron chi connectivity index (χ2n) is 5.10. The first-order valence-electron chi connectivity index (χ1n) is 6.36. The van der Waals surface area contributed by atoms with E-state index in [9.17, 15) is 0 Å². The quantitative estimate of drug-likeness (QED) is 0.846. The summed E-state index contributed by atoms with van der Waals surface area (Å²) in [6, 6.07) is 9.21. The summed E-state index contributed by atoms with van der Waals surface area (Å²) in [6.45, 7) is 4.78. The average molecular weight is 344 g/mol. The highest BCUT2D eigenvalue weighted by Crippen LogP contribution is 2.22. The molecule has 0 aliphatic carbocycles. The lowest BCUT2D eigenvalue weighted by molar-refractivity contribution is 0.197. The molecule has 0 aromatic heterocycles. The summed E-state index contributed by atoms with van der Waals surface area (Å²) in [4.78, 5) is 2.44. The van der Waals surface area contributed by atoms with Crippen LogP contribution in [-0.2, 0) is 0 Å². The van der Waals surface area contributed by atoms with Gasteiger partial charge in [-0.25, -0.2) is 0 Å². The van der Waals surface area contributed by atoms with E-state index in [-0.39, 0.29) is 0 Å². The summed E-state index contributed by atoms with van der Waals surface area (Å²) in [6.07, 6.45) is 2.68. The van der Waals surface area contributed by atoms with Gasteiger partial charge in [-0.1, -0.05) is 0 Å². The lowest BCUT2D eigenvalue weighted by Gasteiger charge is -2.34. The minimum atomic E-state index is 0.554. The fourth-order valence-electron chi connectivity index (χ4n) is 2.54. The Morgan fingerprint density at radius 2 is 2.06 bits per heavy atom. The Bertz CT molecular complexity index is 350. The molecule has 3 heteroatoms. The molecule has 94 valence electrons. The number of hydrogen-bond acceptors (Lipinski definition) is 2. The van der Waals surface area contributed by atoms with Gasteiger partial charge in [0.2, 0.25) is 0 Å². The summed E-state index contributed by atoms with van der Waals surface area (Å²) in [7, 11) is 2.23. The van der Waals surface area contributed by atoms with E-state index in [4.69, 9.17) is 0 Å². The molecule has 1 aliphatic rings. The number of hydrogen-bond donors (Lipinski definition) is 1. The molecular weight excluding hydrogens is 323 g/mol. The van der Waals surface area contributed by atoms with Crippen molar-refractivity contribution in [2.45, 2.75) is 25.8 Å². The first-order chi connectivity index (χ1) is 8.15. The maximum atomic E-state index is 3.63. The van der Waals surface area contributed by atoms with E-state index in [1.54, 1.807) is 0 Å². The van der Waals surface area contributed by atoms with E-state index in [2.05, 4.69) is 71.0 Å². The number of nitrogens with zero attached hydrogens (tertiary/aromatic N) is 1. The van der Waals surface area contributed by atoms with Gasteiger partial charge >= 0.3 is 0 Å². The van der Waals surface area contributed by atoms with Gasteiger partial charge in [-0.3, -0.25) is 0 Å². The van der Waals surface area contributed by atoms with Gasteiger partial charge in [0.05, 0.1) is 0 Å². The van der Waals surface area contributed by atoms with E-state index >= 15 is 0 Å². The molecule has 1 aromatic rings. The van der Waals surface area contributed by atoms with Crippen molar-refractivity contribution in [2.24, 2.45) is 5.92 Å². The molecular formula is C14H21IN2. The summed E-state index contributed by atoms with van der Waals surface area (Å²) in [5.41, 5.74) is 1.24. The molecule has 17 heavy (non-hydrogen) atoms. The second-order valence-corrected chi connectivity index (χ2v) is 6.35. The zero-order valence-electron chi connectivity index (χ0n) is 10.6. The highest BCUT2D eigenvalue weighted by Gasteiger charge is 2.22. The van der Waals surface area contributed by atoms with Crippen molar-refractivity contribution < 1.29 is 0 Å². The van der Waals surface area contributed by atoms with Crippen LogP contribution in [0.1, 0.15) is 19.8 Å². The third kappa shape index (κ3) is 3.85. The first kappa shape index (κ1) is 13.1. The topological polar surface area (TPSA) is 15.3 Å². The van der Waals surface area contributed by atoms with E-state index in [1.807, 2.05) is 0 Å². The maximum absolute atomic E-state index is 3.63. The highest BCUT2D eigenvalue weighted by atomic mass is 127. The Kier molecular flexibility index (Phi) is 4.68. The number of anilines is 1. The van der Waals surface area contributed by atoms with Crippen LogP contribution in [0.4, 0.5) is 5.69 Å². The van der Waals surface area contributed by atoms with Gasteiger partial charge in [-0.2, -0.15) is 0 Å². The standard InChI is InChI=1S/C14H21IN2/c1-11(12-4-3-9-17(2)10-12)16-14-7-5-13(15)6-8-14/h5-8,11-12,16H,3-4,9-10H2,1-2H3. The second kappa shape index (κ2) is 6.05. The Hall–Kier alpha value is -0.290. The van der Waals surface area contributed by atoms with Crippen LogP contribution < -0.4 is 5.32 Å². The molecule has 1 saturated heterocycles. The van der Waals surface area contributed by atoms with Gasteiger partial charge in [-0.15, -0.1) is 0 Å². The number of rotatable bonds is 3. The normalized spacial score (nSPS) is 23.4. The van der Waals surface area contributed by atoms with E-state index < -0.39 is 0 Å². The van der Waals surface area contributed by atoms with Crippen molar-refractivity contribution in [2.75, 3.05) is 25.5 Å². The average Bonchev–Trinajstić information content (AvgIpc) is 2.32. The molecule has 0 saturated carbocycles. The maximum Gasteiger partial charge on any atom is 0.0343 e. The van der Waals surface area contributed by atoms with Crippen LogP contribution in [0.25, 0.3) is 0 Å². The van der Waals surface area contributed by atoms with Gasteiger partial charge < -0.3 is 10.2 Å². The minimum absolute atomic E-state index is 0.554. The SMILES string of the molecule is CC(Nc1ccc(I)cc1)C1CCCN(C)C1. The lowest BCUT2D eigenvalue weighted by Crippen LogP contribution is -2.39. The molecule has 2 unspecified atom stereocenters. The Labute approximate surface area is 118 Å². The van der Waals surface area contributed by atoms with Crippen molar-refractivity contribution in [3.05, 3.63) is 27.8 Å². The number of nitrogens with one attached hydrogen (secondary N) is 1. The number of halogens is 1. The van der Waals surface area contributed by atoms with Crippen LogP contribution in [0.5, 0.6) is 0 Å². The molecule has 0 amide bonds. The van der Waals surface area contributed by atoms with Crippen molar-refractivity contribution in [1.82, 2.24) is 4.90 Å². The molecule has 2 atom stereocenters. The Morgan fingerprint density at radius 3 is 2.71 bits per heavy atom. The fraction of sp³-hybridized carbons (Fsp3) is 0.571. The lowest BCUT2D eigenvalue weighted by atomic mass is 9.92. The summed E-state index contributed by atoms with van der Waals surface area (Å²) >= 11 is 2.34. The van der Waals surface area contributed by atoms with Crippen LogP contribution >= 0.6 is 22.6 Å². The van der Waals surface area contributed by atoms with Crippen molar-refractivity contribution >= 4 is 28.3 Å². The molecule has 0 spiro atoms. The zero-order chi connectivity index (χ0) is 12.3. The third-order valence-electron chi connectivity index (χ3n) is 3.61.